The number of aryl methyl sites for hydroxylation is 6. The second-order valence-electron chi connectivity index (χ2n) is 13.6. The van der Waals surface area contributed by atoms with E-state index in [0.29, 0.717) is 45.2 Å². The molecule has 328 valence electrons. The van der Waals surface area contributed by atoms with Crippen LogP contribution in [-0.2, 0) is 24.9 Å². The lowest BCUT2D eigenvalue weighted by molar-refractivity contribution is 0.101. The maximum atomic E-state index is 13.1. The molecule has 4 heterocycles. The number of carbonyl (C=O) groups excluding carboxylic acids is 3. The SMILES string of the molecule is CC(=O)c1cc(C)cc(C)c1NC(=O)c1sccc1S(=O)(=O)Nc1onc(C)c1Cl.CO/N=C(\C)c1cc(C)cc(C)c1NC(=O)c1sccc1S(=O)(=O)Nc1onc(C)c1Cl. The topological polar surface area (TPSA) is 241 Å². The van der Waals surface area contributed by atoms with Gasteiger partial charge in [0, 0.05) is 11.1 Å². The summed E-state index contributed by atoms with van der Waals surface area (Å²) in [5.74, 6) is -1.91. The molecule has 0 bridgehead atoms. The van der Waals surface area contributed by atoms with Gasteiger partial charge in [-0.15, -0.1) is 22.7 Å². The fraction of sp³-hybridized carbons (Fsp3) is 0.231. The van der Waals surface area contributed by atoms with Gasteiger partial charge in [0.1, 0.15) is 48.1 Å². The van der Waals surface area contributed by atoms with Crippen LogP contribution >= 0.6 is 45.9 Å². The number of hydrogen-bond donors (Lipinski definition) is 4. The zero-order chi connectivity index (χ0) is 45.8. The highest BCUT2D eigenvalue weighted by Crippen LogP contribution is 2.33. The number of thiophene rings is 2. The molecule has 0 aliphatic carbocycles. The van der Waals surface area contributed by atoms with Crippen molar-refractivity contribution in [3.05, 3.63) is 112 Å². The van der Waals surface area contributed by atoms with Crippen molar-refractivity contribution < 1.29 is 45.1 Å². The van der Waals surface area contributed by atoms with E-state index in [1.54, 1.807) is 33.8 Å². The summed E-state index contributed by atoms with van der Waals surface area (Å²) in [6, 6.07) is 9.90. The highest BCUT2D eigenvalue weighted by Gasteiger charge is 2.29. The normalized spacial score (nSPS) is 11.7. The number of sulfonamides is 2. The van der Waals surface area contributed by atoms with Crippen molar-refractivity contribution >= 4 is 112 Å². The third-order valence-corrected chi connectivity index (χ3v) is 14.4. The minimum absolute atomic E-state index is 0.00267. The number of halogens is 2. The number of anilines is 4. The molecule has 4 aromatic heterocycles. The molecule has 0 saturated heterocycles. The molecule has 2 aromatic carbocycles. The maximum Gasteiger partial charge on any atom is 0.267 e. The number of benzene rings is 2. The monoisotopic (exact) mass is 963 g/mol. The van der Waals surface area contributed by atoms with Gasteiger partial charge < -0.3 is 24.5 Å². The summed E-state index contributed by atoms with van der Waals surface area (Å²) in [7, 11) is -6.90. The zero-order valence-corrected chi connectivity index (χ0v) is 39.2. The second-order valence-corrected chi connectivity index (χ2v) is 19.5. The molecule has 0 radical (unpaired) electrons. The van der Waals surface area contributed by atoms with Gasteiger partial charge in [-0.05, 0) is 107 Å². The Bertz CT molecular complexity index is 2970. The molecule has 23 heteroatoms. The van der Waals surface area contributed by atoms with E-state index < -0.39 is 31.9 Å². The van der Waals surface area contributed by atoms with Crippen molar-refractivity contribution in [2.24, 2.45) is 5.16 Å². The van der Waals surface area contributed by atoms with Gasteiger partial charge in [0.05, 0.1) is 17.1 Å². The van der Waals surface area contributed by atoms with E-state index >= 15 is 0 Å². The molecular formula is C39H39Cl2N7O10S4. The Balaban J connectivity index is 0.000000235. The van der Waals surface area contributed by atoms with Crippen LogP contribution in [0.1, 0.15) is 82.8 Å². The molecule has 0 unspecified atom stereocenters. The van der Waals surface area contributed by atoms with E-state index in [0.717, 1.165) is 39.4 Å². The number of nitrogens with zero attached hydrogens (tertiary/aromatic N) is 3. The van der Waals surface area contributed by atoms with Crippen LogP contribution in [0.25, 0.3) is 0 Å². The molecule has 2 amide bonds. The smallest absolute Gasteiger partial charge is 0.267 e. The van der Waals surface area contributed by atoms with Crippen molar-refractivity contribution in [2.45, 2.75) is 65.2 Å². The lowest BCUT2D eigenvalue weighted by atomic mass is 10.0. The van der Waals surface area contributed by atoms with Gasteiger partial charge in [0.25, 0.3) is 43.6 Å². The molecule has 0 saturated carbocycles. The number of amides is 2. The first-order valence-electron chi connectivity index (χ1n) is 17.9. The Hall–Kier alpha value is -5.58. The van der Waals surface area contributed by atoms with E-state index in [1.807, 2.05) is 39.0 Å². The van der Waals surface area contributed by atoms with Crippen LogP contribution in [0.2, 0.25) is 10.0 Å². The maximum absolute atomic E-state index is 13.1. The first-order valence-corrected chi connectivity index (χ1v) is 23.4. The summed E-state index contributed by atoms with van der Waals surface area (Å²) in [5, 5.41) is 19.7. The number of carbonyl (C=O) groups is 3. The van der Waals surface area contributed by atoms with Crippen molar-refractivity contribution in [1.29, 1.82) is 0 Å². The van der Waals surface area contributed by atoms with E-state index in [1.165, 1.54) is 36.9 Å². The molecule has 0 fully saturated rings. The fourth-order valence-corrected chi connectivity index (χ4v) is 10.9. The van der Waals surface area contributed by atoms with Gasteiger partial charge >= 0.3 is 0 Å². The number of Topliss-reactive ketones (excluding diaryl/α,β-unsaturated/α-hetero) is 1. The Labute approximate surface area is 374 Å². The number of nitrogens with one attached hydrogen (secondary N) is 4. The minimum atomic E-state index is -4.18. The van der Waals surface area contributed by atoms with E-state index in [9.17, 15) is 31.2 Å². The summed E-state index contributed by atoms with van der Waals surface area (Å²) >= 11 is 13.9. The highest BCUT2D eigenvalue weighted by molar-refractivity contribution is 7.93. The van der Waals surface area contributed by atoms with Crippen LogP contribution in [0.5, 0.6) is 0 Å². The third-order valence-electron chi connectivity index (χ3n) is 8.72. The number of hydrogen-bond acceptors (Lipinski definition) is 15. The van der Waals surface area contributed by atoms with E-state index in [4.69, 9.17) is 37.1 Å². The van der Waals surface area contributed by atoms with Gasteiger partial charge in [-0.2, -0.15) is 0 Å². The van der Waals surface area contributed by atoms with Crippen LogP contribution in [0.15, 0.2) is 71.2 Å². The number of oxime groups is 1. The lowest BCUT2D eigenvalue weighted by Crippen LogP contribution is -2.20. The molecule has 17 nitrogen and oxygen atoms in total. The van der Waals surface area contributed by atoms with Crippen LogP contribution < -0.4 is 20.1 Å². The van der Waals surface area contributed by atoms with Gasteiger partial charge in [-0.25, -0.2) is 26.3 Å². The molecule has 0 aliphatic heterocycles. The van der Waals surface area contributed by atoms with Gasteiger partial charge in [-0.1, -0.05) is 56.4 Å². The Morgan fingerprint density at radius 1 is 0.677 bits per heavy atom. The largest absolute Gasteiger partial charge is 0.399 e. The van der Waals surface area contributed by atoms with Gasteiger partial charge in [0.2, 0.25) is 0 Å². The molecule has 0 atom stereocenters. The summed E-state index contributed by atoms with van der Waals surface area (Å²) in [4.78, 5) is 42.4. The number of ketones is 1. The number of aromatic nitrogens is 2. The van der Waals surface area contributed by atoms with Crippen LogP contribution in [0, 0.1) is 41.5 Å². The van der Waals surface area contributed by atoms with Crippen molar-refractivity contribution in [3.63, 3.8) is 0 Å². The Kier molecular flexibility index (Phi) is 14.7. The molecule has 4 N–H and O–H groups in total. The number of rotatable bonds is 13. The average molecular weight is 965 g/mol. The predicted molar refractivity (Wildman–Crippen MR) is 240 cm³/mol. The summed E-state index contributed by atoms with van der Waals surface area (Å²) < 4.78 is 65.7. The molecular weight excluding hydrogens is 926 g/mol. The third kappa shape index (κ3) is 10.5. The Morgan fingerprint density at radius 2 is 1.08 bits per heavy atom. The molecule has 0 aliphatic rings. The highest BCUT2D eigenvalue weighted by atomic mass is 35.5. The second kappa shape index (κ2) is 19.2. The van der Waals surface area contributed by atoms with Gasteiger partial charge in [-0.3, -0.25) is 14.4 Å². The zero-order valence-electron chi connectivity index (χ0n) is 34.4. The van der Waals surface area contributed by atoms with Crippen LogP contribution in [0.3, 0.4) is 0 Å². The van der Waals surface area contributed by atoms with Crippen LogP contribution in [-0.4, -0.2) is 57.6 Å². The predicted octanol–water partition coefficient (Wildman–Crippen LogP) is 9.31. The molecule has 6 aromatic rings. The van der Waals surface area contributed by atoms with Crippen LogP contribution in [0.4, 0.5) is 23.1 Å². The van der Waals surface area contributed by atoms with Crippen molar-refractivity contribution in [2.75, 3.05) is 27.2 Å². The first-order chi connectivity index (χ1) is 29.1. The van der Waals surface area contributed by atoms with E-state index in [-0.39, 0.29) is 47.1 Å². The lowest BCUT2D eigenvalue weighted by Gasteiger charge is -2.15. The molecule has 6 rings (SSSR count). The summed E-state index contributed by atoms with van der Waals surface area (Å²) in [5.41, 5.74) is 6.43. The minimum Gasteiger partial charge on any atom is -0.399 e. The van der Waals surface area contributed by atoms with E-state index in [2.05, 4.69) is 35.5 Å². The fourth-order valence-electron chi connectivity index (χ4n) is 5.90. The van der Waals surface area contributed by atoms with Crippen molar-refractivity contribution in [1.82, 2.24) is 10.3 Å². The van der Waals surface area contributed by atoms with Crippen molar-refractivity contribution in [3.8, 4) is 0 Å². The molecule has 62 heavy (non-hydrogen) atoms. The average Bonchev–Trinajstić information content (AvgIpc) is 4.01. The first kappa shape index (κ1) is 47.5. The standard InChI is InChI=1S/C20H21ClN4O5S2.C19H18ClN3O5S2/c1-10-8-11(2)17(14(9-10)12(3)23-29-5)22-19(26)18-15(6-7-31-18)32(27,28)25-20-16(21)13(4)24-30-20;1-9-7-10(2)16(13(8-9)12(4)24)21-18(25)17-14(5-6-29-17)30(26,27)23-19-15(20)11(3)22-28-19/h6-9,25H,1-5H3,(H,22,26);5-8,23H,1-4H3,(H,21,25)/b23-12+;. The molecule has 0 spiro atoms. The van der Waals surface area contributed by atoms with Gasteiger partial charge in [0.15, 0.2) is 5.78 Å². The quantitative estimate of drug-likeness (QED) is 0.0481. The summed E-state index contributed by atoms with van der Waals surface area (Å²) in [6.45, 7) is 13.7. The Morgan fingerprint density at radius 3 is 1.45 bits per heavy atom. The summed E-state index contributed by atoms with van der Waals surface area (Å²) in [6.07, 6.45) is 0.